The molecule has 0 aliphatic heterocycles. The zero-order chi connectivity index (χ0) is 19.0. The van der Waals surface area contributed by atoms with Gasteiger partial charge in [0.2, 0.25) is 0 Å². The molecule has 0 spiro atoms. The molecule has 6 heteroatoms. The molecule has 0 bridgehead atoms. The maximum absolute atomic E-state index is 13.7. The molecule has 0 aliphatic carbocycles. The van der Waals surface area contributed by atoms with Crippen LogP contribution in [0.4, 0.5) is 13.2 Å². The zero-order valence-corrected chi connectivity index (χ0v) is 14.6. The first-order valence-electron chi connectivity index (χ1n) is 8.09. The fraction of sp³-hybridized carbons (Fsp3) is 0. The van der Waals surface area contributed by atoms with Crippen LogP contribution < -0.4 is 0 Å². The van der Waals surface area contributed by atoms with Gasteiger partial charge in [-0.05, 0) is 66.7 Å². The Morgan fingerprint density at radius 3 is 1.89 bits per heavy atom. The SMILES string of the molecule is Fc1ccc(-c2nn(-c3cccc(F)c3)c(-c3ccc(F)cc3)c2Cl)cc1. The molecule has 1 heterocycles. The van der Waals surface area contributed by atoms with Gasteiger partial charge in [0.1, 0.15) is 23.1 Å². The van der Waals surface area contributed by atoms with Crippen molar-refractivity contribution >= 4 is 11.6 Å². The zero-order valence-electron chi connectivity index (χ0n) is 13.8. The van der Waals surface area contributed by atoms with Gasteiger partial charge in [-0.3, -0.25) is 0 Å². The highest BCUT2D eigenvalue weighted by atomic mass is 35.5. The van der Waals surface area contributed by atoms with Gasteiger partial charge in [0.05, 0.1) is 16.4 Å². The van der Waals surface area contributed by atoms with Gasteiger partial charge in [0.15, 0.2) is 0 Å². The van der Waals surface area contributed by atoms with Crippen molar-refractivity contribution in [3.05, 3.63) is 95.3 Å². The molecule has 0 aliphatic rings. The van der Waals surface area contributed by atoms with Gasteiger partial charge in [-0.25, -0.2) is 17.9 Å². The monoisotopic (exact) mass is 384 g/mol. The van der Waals surface area contributed by atoms with Crippen molar-refractivity contribution in [2.45, 2.75) is 0 Å². The number of nitrogens with zero attached hydrogens (tertiary/aromatic N) is 2. The fourth-order valence-electron chi connectivity index (χ4n) is 2.84. The Bertz CT molecular complexity index is 1100. The highest BCUT2D eigenvalue weighted by Gasteiger charge is 2.20. The second-order valence-electron chi connectivity index (χ2n) is 5.92. The lowest BCUT2D eigenvalue weighted by Crippen LogP contribution is -2.00. The summed E-state index contributed by atoms with van der Waals surface area (Å²) in [7, 11) is 0. The van der Waals surface area contributed by atoms with Crippen LogP contribution in [0.2, 0.25) is 5.02 Å². The van der Waals surface area contributed by atoms with E-state index in [1.165, 1.54) is 41.1 Å². The molecule has 4 rings (SSSR count). The average Bonchev–Trinajstić information content (AvgIpc) is 3.00. The number of rotatable bonds is 3. The highest BCUT2D eigenvalue weighted by Crippen LogP contribution is 2.38. The van der Waals surface area contributed by atoms with Crippen LogP contribution in [0.25, 0.3) is 28.2 Å². The second kappa shape index (κ2) is 6.93. The standard InChI is InChI=1S/C21H12ClF3N2/c22-19-20(13-4-8-15(23)9-5-13)26-27(18-3-1-2-17(25)12-18)21(19)14-6-10-16(24)11-7-14/h1-12H. The van der Waals surface area contributed by atoms with E-state index in [1.54, 1.807) is 36.4 Å². The first kappa shape index (κ1) is 17.4. The summed E-state index contributed by atoms with van der Waals surface area (Å²) in [6.45, 7) is 0. The molecular formula is C21H12ClF3N2. The van der Waals surface area contributed by atoms with E-state index >= 15 is 0 Å². The van der Waals surface area contributed by atoms with Crippen LogP contribution in [0.1, 0.15) is 0 Å². The van der Waals surface area contributed by atoms with Crippen LogP contribution in [0.3, 0.4) is 0 Å². The van der Waals surface area contributed by atoms with Gasteiger partial charge in [-0.2, -0.15) is 5.10 Å². The second-order valence-corrected chi connectivity index (χ2v) is 6.29. The summed E-state index contributed by atoms with van der Waals surface area (Å²) >= 11 is 6.60. The van der Waals surface area contributed by atoms with Crippen molar-refractivity contribution < 1.29 is 13.2 Å². The molecule has 0 fully saturated rings. The minimum absolute atomic E-state index is 0.303. The third kappa shape index (κ3) is 3.34. The van der Waals surface area contributed by atoms with Crippen molar-refractivity contribution in [1.82, 2.24) is 9.78 Å². The Kier molecular flexibility index (Phi) is 4.46. The molecule has 0 saturated carbocycles. The van der Waals surface area contributed by atoms with Crippen molar-refractivity contribution in [2.24, 2.45) is 0 Å². The number of hydrogen-bond donors (Lipinski definition) is 0. The van der Waals surface area contributed by atoms with E-state index in [2.05, 4.69) is 5.10 Å². The van der Waals surface area contributed by atoms with Gasteiger partial charge in [-0.1, -0.05) is 17.7 Å². The van der Waals surface area contributed by atoms with Gasteiger partial charge >= 0.3 is 0 Å². The molecule has 134 valence electrons. The van der Waals surface area contributed by atoms with E-state index in [-0.39, 0.29) is 11.6 Å². The van der Waals surface area contributed by atoms with Crippen molar-refractivity contribution in [1.29, 1.82) is 0 Å². The largest absolute Gasteiger partial charge is 0.231 e. The fourth-order valence-corrected chi connectivity index (χ4v) is 3.18. The number of benzene rings is 3. The topological polar surface area (TPSA) is 17.8 Å². The Morgan fingerprint density at radius 1 is 0.704 bits per heavy atom. The summed E-state index contributed by atoms with van der Waals surface area (Å²) in [4.78, 5) is 0. The molecule has 4 aromatic rings. The summed E-state index contributed by atoms with van der Waals surface area (Å²) < 4.78 is 41.9. The van der Waals surface area contributed by atoms with Crippen molar-refractivity contribution in [2.75, 3.05) is 0 Å². The van der Waals surface area contributed by atoms with E-state index in [0.717, 1.165) is 0 Å². The molecule has 0 N–H and O–H groups in total. The quantitative estimate of drug-likeness (QED) is 0.406. The maximum atomic E-state index is 13.7. The first-order valence-corrected chi connectivity index (χ1v) is 8.47. The van der Waals surface area contributed by atoms with Crippen LogP contribution in [0.5, 0.6) is 0 Å². The van der Waals surface area contributed by atoms with Gasteiger partial charge in [0, 0.05) is 11.1 Å². The normalized spacial score (nSPS) is 11.0. The summed E-state index contributed by atoms with van der Waals surface area (Å²) in [5.41, 5.74) is 2.60. The molecule has 0 radical (unpaired) electrons. The lowest BCUT2D eigenvalue weighted by Gasteiger charge is -2.08. The average molecular weight is 385 g/mol. The predicted octanol–water partition coefficient (Wildman–Crippen LogP) is 6.28. The van der Waals surface area contributed by atoms with E-state index in [9.17, 15) is 13.2 Å². The summed E-state index contributed by atoms with van der Waals surface area (Å²) in [5, 5.41) is 4.82. The van der Waals surface area contributed by atoms with Crippen molar-refractivity contribution in [3.8, 4) is 28.2 Å². The lowest BCUT2D eigenvalue weighted by atomic mass is 10.1. The molecular weight excluding hydrogens is 373 g/mol. The summed E-state index contributed by atoms with van der Waals surface area (Å²) in [6, 6.07) is 17.4. The number of hydrogen-bond acceptors (Lipinski definition) is 1. The Morgan fingerprint density at radius 2 is 1.30 bits per heavy atom. The summed E-state index contributed by atoms with van der Waals surface area (Å²) in [6.07, 6.45) is 0. The highest BCUT2D eigenvalue weighted by molar-refractivity contribution is 6.35. The molecule has 0 unspecified atom stereocenters. The molecule has 0 saturated heterocycles. The van der Waals surface area contributed by atoms with Crippen LogP contribution in [-0.2, 0) is 0 Å². The van der Waals surface area contributed by atoms with Crippen LogP contribution in [-0.4, -0.2) is 9.78 Å². The Hall–Kier alpha value is -3.05. The Balaban J connectivity index is 1.97. The van der Waals surface area contributed by atoms with E-state index in [4.69, 9.17) is 11.6 Å². The maximum Gasteiger partial charge on any atom is 0.125 e. The molecule has 27 heavy (non-hydrogen) atoms. The van der Waals surface area contributed by atoms with Crippen LogP contribution in [0, 0.1) is 17.5 Å². The first-order chi connectivity index (χ1) is 13.0. The molecule has 0 atom stereocenters. The minimum atomic E-state index is -0.424. The Labute approximate surface area is 158 Å². The van der Waals surface area contributed by atoms with E-state index in [1.807, 2.05) is 0 Å². The minimum Gasteiger partial charge on any atom is -0.231 e. The third-order valence-corrected chi connectivity index (χ3v) is 4.47. The van der Waals surface area contributed by atoms with E-state index < -0.39 is 5.82 Å². The number of halogens is 4. The predicted molar refractivity (Wildman–Crippen MR) is 99.3 cm³/mol. The van der Waals surface area contributed by atoms with Gasteiger partial charge < -0.3 is 0 Å². The number of aromatic nitrogens is 2. The van der Waals surface area contributed by atoms with Crippen molar-refractivity contribution in [3.63, 3.8) is 0 Å². The van der Waals surface area contributed by atoms with Gasteiger partial charge in [-0.15, -0.1) is 0 Å². The summed E-state index contributed by atoms with van der Waals surface area (Å²) in [5.74, 6) is -1.18. The van der Waals surface area contributed by atoms with E-state index in [0.29, 0.717) is 33.2 Å². The third-order valence-electron chi connectivity index (χ3n) is 4.12. The smallest absolute Gasteiger partial charge is 0.125 e. The van der Waals surface area contributed by atoms with Crippen LogP contribution >= 0.6 is 11.6 Å². The van der Waals surface area contributed by atoms with Crippen LogP contribution in [0.15, 0.2) is 72.8 Å². The van der Waals surface area contributed by atoms with Gasteiger partial charge in [0.25, 0.3) is 0 Å². The molecule has 3 aromatic carbocycles. The molecule has 2 nitrogen and oxygen atoms in total. The lowest BCUT2D eigenvalue weighted by molar-refractivity contribution is 0.625. The molecule has 1 aromatic heterocycles. The molecule has 0 amide bonds.